The van der Waals surface area contributed by atoms with Gasteiger partial charge in [-0.3, -0.25) is 9.78 Å². The fraction of sp³-hybridized carbons (Fsp3) is 0.0714. The second-order valence-electron chi connectivity index (χ2n) is 3.82. The standard InChI is InChI=1S/C14H13N3O2/c1-11(9-12-5-4-8-19-12)10-16-17-14(18)13-6-2-3-7-15-13/h2-10H,1H3,(H,17,18)/b11-9+,16-10?. The van der Waals surface area contributed by atoms with E-state index in [1.165, 1.54) is 0 Å². The lowest BCUT2D eigenvalue weighted by atomic mass is 10.3. The zero-order valence-corrected chi connectivity index (χ0v) is 10.4. The van der Waals surface area contributed by atoms with Crippen LogP contribution < -0.4 is 5.43 Å². The minimum Gasteiger partial charge on any atom is -0.465 e. The topological polar surface area (TPSA) is 67.5 Å². The Bertz CT molecular complexity index is 586. The summed E-state index contributed by atoms with van der Waals surface area (Å²) in [5.74, 6) is 0.391. The molecule has 0 spiro atoms. The first-order valence-electron chi connectivity index (χ1n) is 5.72. The van der Waals surface area contributed by atoms with E-state index in [1.807, 2.05) is 19.1 Å². The molecule has 0 aromatic carbocycles. The van der Waals surface area contributed by atoms with Crippen LogP contribution in [0, 0.1) is 0 Å². The van der Waals surface area contributed by atoms with E-state index in [0.717, 1.165) is 11.3 Å². The number of allylic oxidation sites excluding steroid dienone is 1. The molecule has 19 heavy (non-hydrogen) atoms. The van der Waals surface area contributed by atoms with Crippen LogP contribution in [0.25, 0.3) is 6.08 Å². The maximum Gasteiger partial charge on any atom is 0.289 e. The molecule has 0 unspecified atom stereocenters. The number of nitrogens with zero attached hydrogens (tertiary/aromatic N) is 2. The lowest BCUT2D eigenvalue weighted by Crippen LogP contribution is -2.18. The second kappa shape index (κ2) is 6.30. The van der Waals surface area contributed by atoms with Crippen molar-refractivity contribution in [1.82, 2.24) is 10.4 Å². The Balaban J connectivity index is 1.92. The molecule has 5 heteroatoms. The van der Waals surface area contributed by atoms with E-state index in [4.69, 9.17) is 4.42 Å². The molecule has 0 fully saturated rings. The zero-order chi connectivity index (χ0) is 13.5. The molecule has 2 aromatic heterocycles. The van der Waals surface area contributed by atoms with Gasteiger partial charge in [-0.25, -0.2) is 5.43 Å². The molecule has 0 atom stereocenters. The van der Waals surface area contributed by atoms with Crippen molar-refractivity contribution in [3.63, 3.8) is 0 Å². The van der Waals surface area contributed by atoms with Gasteiger partial charge in [0.2, 0.25) is 0 Å². The summed E-state index contributed by atoms with van der Waals surface area (Å²) < 4.78 is 5.17. The molecule has 5 nitrogen and oxygen atoms in total. The number of nitrogens with one attached hydrogen (secondary N) is 1. The van der Waals surface area contributed by atoms with E-state index in [1.54, 1.807) is 42.9 Å². The van der Waals surface area contributed by atoms with E-state index in [9.17, 15) is 4.79 Å². The molecule has 2 rings (SSSR count). The molecular weight excluding hydrogens is 242 g/mol. The molecule has 2 aromatic rings. The summed E-state index contributed by atoms with van der Waals surface area (Å²) in [6.07, 6.45) is 6.51. The van der Waals surface area contributed by atoms with Gasteiger partial charge in [0.15, 0.2) is 0 Å². The third-order valence-corrected chi connectivity index (χ3v) is 2.24. The maximum atomic E-state index is 11.6. The van der Waals surface area contributed by atoms with Crippen LogP contribution in [0.5, 0.6) is 0 Å². The number of hydrogen-bond donors (Lipinski definition) is 1. The average Bonchev–Trinajstić information content (AvgIpc) is 2.92. The predicted molar refractivity (Wildman–Crippen MR) is 72.6 cm³/mol. The van der Waals surface area contributed by atoms with Crippen molar-refractivity contribution in [1.29, 1.82) is 0 Å². The molecule has 0 aliphatic heterocycles. The number of amides is 1. The molecular formula is C14H13N3O2. The first-order chi connectivity index (χ1) is 9.25. The third-order valence-electron chi connectivity index (χ3n) is 2.24. The van der Waals surface area contributed by atoms with Crippen molar-refractivity contribution in [3.05, 3.63) is 59.8 Å². The highest BCUT2D eigenvalue weighted by atomic mass is 16.3. The van der Waals surface area contributed by atoms with Crippen molar-refractivity contribution < 1.29 is 9.21 Å². The summed E-state index contributed by atoms with van der Waals surface area (Å²) in [7, 11) is 0. The summed E-state index contributed by atoms with van der Waals surface area (Å²) in [5, 5.41) is 3.85. The quantitative estimate of drug-likeness (QED) is 0.674. The van der Waals surface area contributed by atoms with Gasteiger partial charge in [0, 0.05) is 6.20 Å². The van der Waals surface area contributed by atoms with E-state index in [0.29, 0.717) is 5.69 Å². The van der Waals surface area contributed by atoms with Crippen LogP contribution in [-0.4, -0.2) is 17.1 Å². The molecule has 0 saturated heterocycles. The number of aromatic nitrogens is 1. The number of hydrazone groups is 1. The minimum atomic E-state index is -0.345. The van der Waals surface area contributed by atoms with Gasteiger partial charge >= 0.3 is 0 Å². The van der Waals surface area contributed by atoms with Crippen molar-refractivity contribution >= 4 is 18.2 Å². The Morgan fingerprint density at radius 1 is 1.37 bits per heavy atom. The smallest absolute Gasteiger partial charge is 0.289 e. The van der Waals surface area contributed by atoms with Gasteiger partial charge in [0.05, 0.1) is 12.5 Å². The predicted octanol–water partition coefficient (Wildman–Crippen LogP) is 2.49. The fourth-order valence-electron chi connectivity index (χ4n) is 1.38. The summed E-state index contributed by atoms with van der Waals surface area (Å²) in [6, 6.07) is 8.75. The van der Waals surface area contributed by atoms with Gasteiger partial charge in [-0.1, -0.05) is 6.07 Å². The van der Waals surface area contributed by atoms with Crippen LogP contribution in [0.1, 0.15) is 23.2 Å². The highest BCUT2D eigenvalue weighted by molar-refractivity contribution is 5.93. The van der Waals surface area contributed by atoms with Crippen molar-refractivity contribution in [2.24, 2.45) is 5.10 Å². The van der Waals surface area contributed by atoms with Crippen LogP contribution in [0.4, 0.5) is 0 Å². The lowest BCUT2D eigenvalue weighted by molar-refractivity contribution is 0.0950. The molecule has 0 saturated carbocycles. The van der Waals surface area contributed by atoms with Gasteiger partial charge in [-0.2, -0.15) is 5.10 Å². The SMILES string of the molecule is C/C(C=NNC(=O)c1ccccn1)=C\c1ccco1. The molecule has 0 aliphatic carbocycles. The molecule has 0 radical (unpaired) electrons. The molecule has 96 valence electrons. The highest BCUT2D eigenvalue weighted by Gasteiger charge is 2.03. The average molecular weight is 255 g/mol. The Labute approximate surface area is 110 Å². The number of furan rings is 1. The van der Waals surface area contributed by atoms with Gasteiger partial charge in [0.25, 0.3) is 5.91 Å². The van der Waals surface area contributed by atoms with Gasteiger partial charge < -0.3 is 4.42 Å². The van der Waals surface area contributed by atoms with Crippen LogP contribution in [0.15, 0.2) is 57.9 Å². The Hall–Kier alpha value is -2.69. The van der Waals surface area contributed by atoms with E-state index < -0.39 is 0 Å². The Kier molecular flexibility index (Phi) is 4.23. The highest BCUT2D eigenvalue weighted by Crippen LogP contribution is 2.05. The van der Waals surface area contributed by atoms with Gasteiger partial charge in [-0.05, 0) is 42.8 Å². The third kappa shape index (κ3) is 3.92. The first kappa shape index (κ1) is 12.8. The van der Waals surface area contributed by atoms with Crippen LogP contribution in [0.2, 0.25) is 0 Å². The number of carbonyl (C=O) groups is 1. The van der Waals surface area contributed by atoms with E-state index in [-0.39, 0.29) is 5.91 Å². The molecule has 0 aliphatic rings. The van der Waals surface area contributed by atoms with Crippen molar-refractivity contribution in [3.8, 4) is 0 Å². The molecule has 1 N–H and O–H groups in total. The van der Waals surface area contributed by atoms with Crippen LogP contribution in [0.3, 0.4) is 0 Å². The van der Waals surface area contributed by atoms with E-state index >= 15 is 0 Å². The fourth-order valence-corrected chi connectivity index (χ4v) is 1.38. The Morgan fingerprint density at radius 3 is 2.95 bits per heavy atom. The van der Waals surface area contributed by atoms with Crippen molar-refractivity contribution in [2.75, 3.05) is 0 Å². The normalized spacial score (nSPS) is 11.7. The zero-order valence-electron chi connectivity index (χ0n) is 10.4. The largest absolute Gasteiger partial charge is 0.465 e. The number of carbonyl (C=O) groups excluding carboxylic acids is 1. The Morgan fingerprint density at radius 2 is 2.26 bits per heavy atom. The maximum absolute atomic E-state index is 11.6. The van der Waals surface area contributed by atoms with Gasteiger partial charge in [-0.15, -0.1) is 0 Å². The second-order valence-corrected chi connectivity index (χ2v) is 3.82. The summed E-state index contributed by atoms with van der Waals surface area (Å²) in [4.78, 5) is 15.5. The number of rotatable bonds is 4. The van der Waals surface area contributed by atoms with Gasteiger partial charge in [0.1, 0.15) is 11.5 Å². The molecule has 0 bridgehead atoms. The van der Waals surface area contributed by atoms with Crippen LogP contribution in [-0.2, 0) is 0 Å². The number of pyridine rings is 1. The first-order valence-corrected chi connectivity index (χ1v) is 5.72. The van der Waals surface area contributed by atoms with Crippen LogP contribution >= 0.6 is 0 Å². The summed E-state index contributed by atoms with van der Waals surface area (Å²) in [5.41, 5.74) is 3.59. The number of hydrogen-bond acceptors (Lipinski definition) is 4. The summed E-state index contributed by atoms with van der Waals surface area (Å²) in [6.45, 7) is 1.86. The van der Waals surface area contributed by atoms with E-state index in [2.05, 4.69) is 15.5 Å². The molecule has 1 amide bonds. The minimum absolute atomic E-state index is 0.326. The summed E-state index contributed by atoms with van der Waals surface area (Å²) >= 11 is 0. The van der Waals surface area contributed by atoms with Crippen molar-refractivity contribution in [2.45, 2.75) is 6.92 Å². The monoisotopic (exact) mass is 255 g/mol. The lowest BCUT2D eigenvalue weighted by Gasteiger charge is -1.97. The molecule has 2 heterocycles.